The Hall–Kier alpha value is -3.15. The van der Waals surface area contributed by atoms with Crippen molar-refractivity contribution in [3.05, 3.63) is 64.7 Å². The number of hydrogen-bond donors (Lipinski definition) is 1. The predicted octanol–water partition coefficient (Wildman–Crippen LogP) is 2.26. The van der Waals surface area contributed by atoms with E-state index in [9.17, 15) is 14.4 Å². The van der Waals surface area contributed by atoms with Crippen LogP contribution in [0.25, 0.3) is 0 Å². The molecule has 8 heteroatoms. The van der Waals surface area contributed by atoms with Crippen molar-refractivity contribution < 1.29 is 9.18 Å². The fourth-order valence-corrected chi connectivity index (χ4v) is 4.55. The molecule has 2 aromatic rings. The molecule has 2 unspecified atom stereocenters. The highest BCUT2D eigenvalue weighted by Crippen LogP contribution is 2.47. The van der Waals surface area contributed by atoms with Crippen LogP contribution in [-0.4, -0.2) is 53.1 Å². The number of nitriles is 1. The molecule has 7 nitrogen and oxygen atoms in total. The quantitative estimate of drug-likeness (QED) is 0.821. The predicted molar refractivity (Wildman–Crippen MR) is 115 cm³/mol. The summed E-state index contributed by atoms with van der Waals surface area (Å²) in [7, 11) is 1.72. The van der Waals surface area contributed by atoms with E-state index in [1.807, 2.05) is 25.1 Å². The van der Waals surface area contributed by atoms with E-state index in [4.69, 9.17) is 10.7 Å². The molecule has 1 amide bonds. The first-order chi connectivity index (χ1) is 14.9. The summed E-state index contributed by atoms with van der Waals surface area (Å²) >= 11 is 0. The van der Waals surface area contributed by atoms with E-state index < -0.39 is 17.5 Å². The van der Waals surface area contributed by atoms with Crippen LogP contribution in [0.2, 0.25) is 0 Å². The van der Waals surface area contributed by atoms with Gasteiger partial charge in [0.25, 0.3) is 5.91 Å². The number of benzene rings is 1. The Bertz CT molecular complexity index is 1050. The van der Waals surface area contributed by atoms with Crippen LogP contribution < -0.4 is 5.73 Å². The number of hydrogen-bond acceptors (Lipinski definition) is 6. The minimum atomic E-state index is -1.06. The van der Waals surface area contributed by atoms with Crippen LogP contribution in [-0.2, 0) is 10.5 Å². The van der Waals surface area contributed by atoms with E-state index in [2.05, 4.69) is 9.88 Å². The number of halogens is 1. The molecule has 0 bridgehead atoms. The Balaban J connectivity index is 1.95. The molecule has 2 N–H and O–H groups in total. The Labute approximate surface area is 181 Å². The number of rotatable bonds is 3. The molecule has 0 aliphatic carbocycles. The molecule has 3 heterocycles. The molecular weight excluding hydrogens is 395 g/mol. The summed E-state index contributed by atoms with van der Waals surface area (Å²) in [5.74, 6) is -0.840. The zero-order valence-corrected chi connectivity index (χ0v) is 17.6. The topological polar surface area (TPSA) is 98.6 Å². The van der Waals surface area contributed by atoms with Crippen molar-refractivity contribution in [2.75, 3.05) is 20.1 Å². The highest BCUT2D eigenvalue weighted by Gasteiger charge is 2.52. The third-order valence-corrected chi connectivity index (χ3v) is 6.27. The van der Waals surface area contributed by atoms with Gasteiger partial charge in [-0.3, -0.25) is 19.7 Å². The van der Waals surface area contributed by atoms with Crippen LogP contribution in [0.5, 0.6) is 0 Å². The first-order valence-corrected chi connectivity index (χ1v) is 10.3. The average Bonchev–Trinajstić information content (AvgIpc) is 2.77. The lowest BCUT2D eigenvalue weighted by atomic mass is 9.82. The standard InChI is InChI=1S/C23H25FN6O/c1-15-3-4-17(13-27-15)22-23(28-14-21(31)29(22)2,30-9-7-19(26)8-10-30)18-6-5-16(12-25)20(24)11-18/h3-6,11,13-14,19,22H,7-10,26H2,1-2H3. The van der Waals surface area contributed by atoms with Gasteiger partial charge in [-0.05, 0) is 49.1 Å². The van der Waals surface area contributed by atoms with Gasteiger partial charge in [-0.2, -0.15) is 5.26 Å². The van der Waals surface area contributed by atoms with Crippen molar-refractivity contribution in [3.63, 3.8) is 0 Å². The Morgan fingerprint density at radius 1 is 1.26 bits per heavy atom. The third-order valence-electron chi connectivity index (χ3n) is 6.27. The number of pyridine rings is 1. The van der Waals surface area contributed by atoms with E-state index >= 15 is 0 Å². The van der Waals surface area contributed by atoms with Crippen LogP contribution in [0.1, 0.15) is 41.3 Å². The van der Waals surface area contributed by atoms with Gasteiger partial charge in [-0.1, -0.05) is 12.1 Å². The molecule has 160 valence electrons. The number of aryl methyl sites for hydroxylation is 1. The van der Waals surface area contributed by atoms with Gasteiger partial charge in [0, 0.05) is 38.1 Å². The Morgan fingerprint density at radius 3 is 2.61 bits per heavy atom. The number of nitrogens with zero attached hydrogens (tertiary/aromatic N) is 5. The molecule has 0 radical (unpaired) electrons. The van der Waals surface area contributed by atoms with Crippen molar-refractivity contribution >= 4 is 12.1 Å². The van der Waals surface area contributed by atoms with E-state index in [1.165, 1.54) is 18.3 Å². The number of carbonyl (C=O) groups excluding carboxylic acids is 1. The summed E-state index contributed by atoms with van der Waals surface area (Å²) in [5, 5.41) is 9.19. The molecule has 1 aromatic carbocycles. The fourth-order valence-electron chi connectivity index (χ4n) is 4.55. The molecule has 1 saturated heterocycles. The Kier molecular flexibility index (Phi) is 5.56. The maximum Gasteiger partial charge on any atom is 0.265 e. The fraction of sp³-hybridized carbons (Fsp3) is 0.391. The van der Waals surface area contributed by atoms with Gasteiger partial charge in [0.1, 0.15) is 17.9 Å². The summed E-state index contributed by atoms with van der Waals surface area (Å²) < 4.78 is 14.8. The van der Waals surface area contributed by atoms with Gasteiger partial charge >= 0.3 is 0 Å². The van der Waals surface area contributed by atoms with Crippen LogP contribution in [0.3, 0.4) is 0 Å². The zero-order valence-electron chi connectivity index (χ0n) is 17.6. The highest BCUT2D eigenvalue weighted by molar-refractivity contribution is 6.26. The number of carbonyl (C=O) groups is 1. The van der Waals surface area contributed by atoms with E-state index in [1.54, 1.807) is 24.2 Å². The monoisotopic (exact) mass is 420 g/mol. The molecule has 31 heavy (non-hydrogen) atoms. The summed E-state index contributed by atoms with van der Waals surface area (Å²) in [5.41, 5.74) is 7.30. The van der Waals surface area contributed by atoms with E-state index in [-0.39, 0.29) is 17.5 Å². The number of likely N-dealkylation sites (N-methyl/N-ethyl adjacent to an activating group) is 1. The van der Waals surface area contributed by atoms with Crippen LogP contribution in [0.4, 0.5) is 4.39 Å². The van der Waals surface area contributed by atoms with Crippen LogP contribution in [0, 0.1) is 24.1 Å². The number of nitrogens with two attached hydrogens (primary N) is 1. The second-order valence-corrected chi connectivity index (χ2v) is 8.20. The largest absolute Gasteiger partial charge is 0.330 e. The van der Waals surface area contributed by atoms with Gasteiger partial charge in [-0.25, -0.2) is 4.39 Å². The second kappa shape index (κ2) is 8.17. The maximum atomic E-state index is 14.8. The van der Waals surface area contributed by atoms with Gasteiger partial charge in [-0.15, -0.1) is 0 Å². The first-order valence-electron chi connectivity index (χ1n) is 10.3. The molecule has 2 atom stereocenters. The lowest BCUT2D eigenvalue weighted by Crippen LogP contribution is -2.60. The third kappa shape index (κ3) is 3.60. The molecule has 0 spiro atoms. The number of amides is 1. The number of aliphatic imine (C=N–C) groups is 1. The van der Waals surface area contributed by atoms with Crippen molar-refractivity contribution in [2.45, 2.75) is 37.5 Å². The molecule has 4 rings (SSSR count). The van der Waals surface area contributed by atoms with Crippen molar-refractivity contribution in [2.24, 2.45) is 10.7 Å². The lowest BCUT2D eigenvalue weighted by Gasteiger charge is -2.52. The van der Waals surface area contributed by atoms with Gasteiger partial charge < -0.3 is 10.6 Å². The molecule has 1 fully saturated rings. The first kappa shape index (κ1) is 21.1. The normalized spacial score (nSPS) is 24.9. The van der Waals surface area contributed by atoms with E-state index in [0.29, 0.717) is 18.7 Å². The number of piperidine rings is 1. The minimum Gasteiger partial charge on any atom is -0.330 e. The molecule has 0 saturated carbocycles. The molecular formula is C23H25FN6O. The summed E-state index contributed by atoms with van der Waals surface area (Å²) in [6, 6.07) is 9.82. The summed E-state index contributed by atoms with van der Waals surface area (Å²) in [4.78, 5) is 25.7. The van der Waals surface area contributed by atoms with Crippen LogP contribution in [0.15, 0.2) is 41.5 Å². The van der Waals surface area contributed by atoms with Gasteiger partial charge in [0.15, 0.2) is 5.66 Å². The highest BCUT2D eigenvalue weighted by atomic mass is 19.1. The zero-order chi connectivity index (χ0) is 22.2. The van der Waals surface area contributed by atoms with Gasteiger partial charge in [0.2, 0.25) is 0 Å². The molecule has 1 aromatic heterocycles. The average molecular weight is 420 g/mol. The minimum absolute atomic E-state index is 0.0302. The summed E-state index contributed by atoms with van der Waals surface area (Å²) in [6.07, 6.45) is 4.59. The molecule has 2 aliphatic rings. The maximum absolute atomic E-state index is 14.8. The summed E-state index contributed by atoms with van der Waals surface area (Å²) in [6.45, 7) is 3.20. The van der Waals surface area contributed by atoms with E-state index in [0.717, 1.165) is 24.1 Å². The van der Waals surface area contributed by atoms with Gasteiger partial charge in [0.05, 0.1) is 11.8 Å². The van der Waals surface area contributed by atoms with Crippen LogP contribution >= 0.6 is 0 Å². The molecule has 2 aliphatic heterocycles. The van der Waals surface area contributed by atoms with Crippen molar-refractivity contribution in [1.82, 2.24) is 14.8 Å². The number of likely N-dealkylation sites (tertiary alicyclic amines) is 1. The SMILES string of the molecule is Cc1ccc(C2N(C)C(=O)C=NC2(c2ccc(C#N)c(F)c2)N2CCC(N)CC2)cn1. The second-order valence-electron chi connectivity index (χ2n) is 8.20. The van der Waals surface area contributed by atoms with Crippen molar-refractivity contribution in [1.29, 1.82) is 5.26 Å². The Morgan fingerprint density at radius 2 is 2.00 bits per heavy atom. The van der Waals surface area contributed by atoms with Crippen molar-refractivity contribution in [3.8, 4) is 6.07 Å². The smallest absolute Gasteiger partial charge is 0.265 e. The lowest BCUT2D eigenvalue weighted by molar-refractivity contribution is -0.131. The number of aromatic nitrogens is 1.